The lowest BCUT2D eigenvalue weighted by Crippen LogP contribution is -2.18. The van der Waals surface area contributed by atoms with Gasteiger partial charge in [0.15, 0.2) is 0 Å². The number of pyridine rings is 1. The van der Waals surface area contributed by atoms with Gasteiger partial charge in [-0.2, -0.15) is 0 Å². The van der Waals surface area contributed by atoms with E-state index in [4.69, 9.17) is 0 Å². The van der Waals surface area contributed by atoms with Crippen molar-refractivity contribution in [3.05, 3.63) is 51.7 Å². The summed E-state index contributed by atoms with van der Waals surface area (Å²) in [6.45, 7) is 4.92. The highest BCUT2D eigenvalue weighted by Gasteiger charge is 2.07. The van der Waals surface area contributed by atoms with Crippen molar-refractivity contribution in [2.75, 3.05) is 0 Å². The number of thiophene rings is 1. The van der Waals surface area contributed by atoms with Gasteiger partial charge in [-0.1, -0.05) is 0 Å². The van der Waals surface area contributed by atoms with Crippen molar-refractivity contribution in [3.8, 4) is 0 Å². The smallest absolute Gasteiger partial charge is 0.141 e. The maximum Gasteiger partial charge on any atom is 0.141 e. The predicted molar refractivity (Wildman–Crippen MR) is 68.5 cm³/mol. The molecule has 0 radical (unpaired) electrons. The molecule has 90 valence electrons. The van der Waals surface area contributed by atoms with Gasteiger partial charge in [-0.3, -0.25) is 4.98 Å². The first-order valence-electron chi connectivity index (χ1n) is 5.53. The van der Waals surface area contributed by atoms with Crippen LogP contribution < -0.4 is 5.32 Å². The van der Waals surface area contributed by atoms with Crippen LogP contribution in [0, 0.1) is 12.7 Å². The topological polar surface area (TPSA) is 24.9 Å². The van der Waals surface area contributed by atoms with E-state index in [1.807, 2.05) is 6.92 Å². The standard InChI is InChI=1S/C13H15FN2S/c1-9-3-4-17-13(9)8-16-10(2)11-5-12(14)7-15-6-11/h3-7,10,16H,8H2,1-2H3. The molecule has 0 aliphatic heterocycles. The molecule has 1 atom stereocenters. The number of hydrogen-bond acceptors (Lipinski definition) is 3. The summed E-state index contributed by atoms with van der Waals surface area (Å²) in [5.74, 6) is -0.288. The van der Waals surface area contributed by atoms with Crippen molar-refractivity contribution >= 4 is 11.3 Å². The Bertz CT molecular complexity index is 496. The molecule has 0 saturated heterocycles. The van der Waals surface area contributed by atoms with Gasteiger partial charge < -0.3 is 5.32 Å². The summed E-state index contributed by atoms with van der Waals surface area (Å²) in [5, 5.41) is 5.46. The second-order valence-electron chi connectivity index (χ2n) is 4.07. The van der Waals surface area contributed by atoms with Crippen molar-refractivity contribution in [2.24, 2.45) is 0 Å². The first-order chi connectivity index (χ1) is 8.16. The van der Waals surface area contributed by atoms with Crippen molar-refractivity contribution in [3.63, 3.8) is 0 Å². The zero-order chi connectivity index (χ0) is 12.3. The summed E-state index contributed by atoms with van der Waals surface area (Å²) in [6.07, 6.45) is 2.92. The number of rotatable bonds is 4. The molecule has 2 nitrogen and oxygen atoms in total. The number of halogens is 1. The minimum absolute atomic E-state index is 0.0969. The van der Waals surface area contributed by atoms with E-state index in [1.165, 1.54) is 22.7 Å². The summed E-state index contributed by atoms with van der Waals surface area (Å²) in [7, 11) is 0. The minimum Gasteiger partial charge on any atom is -0.305 e. The average molecular weight is 250 g/mol. The third-order valence-corrected chi connectivity index (χ3v) is 3.79. The molecular formula is C13H15FN2S. The van der Waals surface area contributed by atoms with Crippen LogP contribution in [-0.2, 0) is 6.54 Å². The molecule has 1 unspecified atom stereocenters. The monoisotopic (exact) mass is 250 g/mol. The Morgan fingerprint density at radius 3 is 2.94 bits per heavy atom. The van der Waals surface area contributed by atoms with Crippen molar-refractivity contribution in [2.45, 2.75) is 26.4 Å². The van der Waals surface area contributed by atoms with Crippen LogP contribution in [0.1, 0.15) is 29.0 Å². The largest absolute Gasteiger partial charge is 0.305 e. The summed E-state index contributed by atoms with van der Waals surface area (Å²) in [6, 6.07) is 3.72. The molecule has 4 heteroatoms. The summed E-state index contributed by atoms with van der Waals surface area (Å²) in [4.78, 5) is 5.18. The fraction of sp³-hybridized carbons (Fsp3) is 0.308. The van der Waals surface area contributed by atoms with Crippen molar-refractivity contribution in [1.82, 2.24) is 10.3 Å². The van der Waals surface area contributed by atoms with Crippen LogP contribution in [-0.4, -0.2) is 4.98 Å². The fourth-order valence-corrected chi connectivity index (χ4v) is 2.47. The Hall–Kier alpha value is -1.26. The fourth-order valence-electron chi connectivity index (χ4n) is 1.61. The Kier molecular flexibility index (Phi) is 3.86. The summed E-state index contributed by atoms with van der Waals surface area (Å²) in [5.41, 5.74) is 2.17. The molecule has 2 aromatic rings. The molecular weight excluding hydrogens is 235 g/mol. The zero-order valence-corrected chi connectivity index (χ0v) is 10.7. The van der Waals surface area contributed by atoms with Crippen LogP contribution in [0.25, 0.3) is 0 Å². The molecule has 0 aliphatic carbocycles. The van der Waals surface area contributed by atoms with Crippen LogP contribution in [0.2, 0.25) is 0 Å². The van der Waals surface area contributed by atoms with E-state index in [0.717, 1.165) is 12.1 Å². The van der Waals surface area contributed by atoms with Gasteiger partial charge in [-0.05, 0) is 42.5 Å². The molecule has 0 saturated carbocycles. The molecule has 2 heterocycles. The SMILES string of the molecule is Cc1ccsc1CNC(C)c1cncc(F)c1. The molecule has 0 amide bonds. The second-order valence-corrected chi connectivity index (χ2v) is 5.07. The van der Waals surface area contributed by atoms with E-state index < -0.39 is 0 Å². The predicted octanol–water partition coefficient (Wildman–Crippen LogP) is 3.44. The van der Waals surface area contributed by atoms with Crippen LogP contribution >= 0.6 is 11.3 Å². The molecule has 0 spiro atoms. The van der Waals surface area contributed by atoms with Gasteiger partial charge in [0.25, 0.3) is 0 Å². The Balaban J connectivity index is 1.98. The molecule has 0 aromatic carbocycles. The summed E-state index contributed by atoms with van der Waals surface area (Å²) >= 11 is 1.74. The normalized spacial score (nSPS) is 12.6. The van der Waals surface area contributed by atoms with Gasteiger partial charge in [0, 0.05) is 23.7 Å². The van der Waals surface area contributed by atoms with E-state index in [9.17, 15) is 4.39 Å². The molecule has 0 fully saturated rings. The van der Waals surface area contributed by atoms with Gasteiger partial charge in [-0.15, -0.1) is 11.3 Å². The summed E-state index contributed by atoms with van der Waals surface area (Å²) < 4.78 is 13.0. The number of nitrogens with one attached hydrogen (secondary N) is 1. The molecule has 17 heavy (non-hydrogen) atoms. The van der Waals surface area contributed by atoms with E-state index in [-0.39, 0.29) is 11.9 Å². The minimum atomic E-state index is -0.288. The maximum absolute atomic E-state index is 13.0. The molecule has 0 aliphatic rings. The lowest BCUT2D eigenvalue weighted by atomic mass is 10.1. The molecule has 2 rings (SSSR count). The third kappa shape index (κ3) is 3.11. The number of aromatic nitrogens is 1. The zero-order valence-electron chi connectivity index (χ0n) is 9.90. The third-order valence-electron chi connectivity index (χ3n) is 2.76. The van der Waals surface area contributed by atoms with Gasteiger partial charge in [0.2, 0.25) is 0 Å². The van der Waals surface area contributed by atoms with E-state index in [1.54, 1.807) is 17.5 Å². The lowest BCUT2D eigenvalue weighted by Gasteiger charge is -2.13. The quantitative estimate of drug-likeness (QED) is 0.899. The number of aryl methyl sites for hydroxylation is 1. The Morgan fingerprint density at radius 1 is 1.47 bits per heavy atom. The van der Waals surface area contributed by atoms with Crippen LogP contribution in [0.3, 0.4) is 0 Å². The highest BCUT2D eigenvalue weighted by atomic mass is 32.1. The van der Waals surface area contributed by atoms with Gasteiger partial charge in [0.05, 0.1) is 6.20 Å². The van der Waals surface area contributed by atoms with Gasteiger partial charge in [0.1, 0.15) is 5.82 Å². The first-order valence-corrected chi connectivity index (χ1v) is 6.41. The highest BCUT2D eigenvalue weighted by molar-refractivity contribution is 7.10. The Labute approximate surface area is 105 Å². The Morgan fingerprint density at radius 2 is 2.29 bits per heavy atom. The van der Waals surface area contributed by atoms with Crippen LogP contribution in [0.5, 0.6) is 0 Å². The first kappa shape index (κ1) is 12.2. The molecule has 1 N–H and O–H groups in total. The van der Waals surface area contributed by atoms with Crippen molar-refractivity contribution < 1.29 is 4.39 Å². The second kappa shape index (κ2) is 5.38. The van der Waals surface area contributed by atoms with Gasteiger partial charge >= 0.3 is 0 Å². The van der Waals surface area contributed by atoms with E-state index in [0.29, 0.717) is 0 Å². The van der Waals surface area contributed by atoms with E-state index in [2.05, 4.69) is 28.7 Å². The number of hydrogen-bond donors (Lipinski definition) is 1. The lowest BCUT2D eigenvalue weighted by molar-refractivity contribution is 0.563. The van der Waals surface area contributed by atoms with Crippen molar-refractivity contribution in [1.29, 1.82) is 0 Å². The van der Waals surface area contributed by atoms with Gasteiger partial charge in [-0.25, -0.2) is 4.39 Å². The highest BCUT2D eigenvalue weighted by Crippen LogP contribution is 2.18. The van der Waals surface area contributed by atoms with E-state index >= 15 is 0 Å². The van der Waals surface area contributed by atoms with Crippen LogP contribution in [0.4, 0.5) is 4.39 Å². The molecule has 2 aromatic heterocycles. The maximum atomic E-state index is 13.0. The van der Waals surface area contributed by atoms with Crippen LogP contribution in [0.15, 0.2) is 29.9 Å². The average Bonchev–Trinajstić information content (AvgIpc) is 2.72. The number of nitrogens with zero attached hydrogens (tertiary/aromatic N) is 1. The molecule has 0 bridgehead atoms.